The molecule has 10 heteroatoms. The summed E-state index contributed by atoms with van der Waals surface area (Å²) in [6.45, 7) is 4.04. The number of aromatic nitrogens is 3. The average Bonchev–Trinajstić information content (AvgIpc) is 3.54. The standard InChI is InChI=1S/C30H37ClN6O3/c31-25-17-21(18-26(33-25)35-14-11-24(38)20-35)19-36-28(29(39)34-15-12-32-13-16-34)27(22-7-3-1-4-8-22)37(30(36)40)23-9-5-2-6-10-23/h1,3-4,7-8,17-18,23-24,32,38H,2,5-6,9-16,19-20H2. The molecule has 2 aromatic heterocycles. The molecule has 4 heterocycles. The van der Waals surface area contributed by atoms with Crippen LogP contribution in [0.1, 0.15) is 60.6 Å². The maximum absolute atomic E-state index is 14.4. The van der Waals surface area contributed by atoms with Crippen LogP contribution in [0.25, 0.3) is 11.3 Å². The minimum atomic E-state index is -0.395. The lowest BCUT2D eigenvalue weighted by molar-refractivity contribution is 0.0725. The fourth-order valence-corrected chi connectivity index (χ4v) is 6.64. The monoisotopic (exact) mass is 564 g/mol. The first kappa shape index (κ1) is 27.1. The Balaban J connectivity index is 1.50. The number of carbonyl (C=O) groups is 1. The summed E-state index contributed by atoms with van der Waals surface area (Å²) >= 11 is 6.47. The molecule has 0 radical (unpaired) electrons. The highest BCUT2D eigenvalue weighted by atomic mass is 35.5. The number of β-amino-alcohol motifs (C(OH)–C–C–N with tert-alkyl or cyclic N) is 1. The Morgan fingerprint density at radius 1 is 1.02 bits per heavy atom. The lowest BCUT2D eigenvalue weighted by Crippen LogP contribution is -2.47. The van der Waals surface area contributed by atoms with E-state index in [1.54, 1.807) is 10.6 Å². The number of carbonyl (C=O) groups excluding carboxylic acids is 1. The smallest absolute Gasteiger partial charge is 0.329 e. The number of halogens is 1. The van der Waals surface area contributed by atoms with Gasteiger partial charge in [-0.05, 0) is 37.0 Å². The molecule has 1 atom stereocenters. The van der Waals surface area contributed by atoms with E-state index in [4.69, 9.17) is 11.6 Å². The molecule has 1 unspecified atom stereocenters. The third-order valence-corrected chi connectivity index (χ3v) is 8.63. The number of hydrogen-bond acceptors (Lipinski definition) is 6. The molecule has 0 spiro atoms. The molecule has 1 amide bonds. The molecule has 9 nitrogen and oxygen atoms in total. The Labute approximate surface area is 239 Å². The fourth-order valence-electron chi connectivity index (χ4n) is 6.41. The minimum Gasteiger partial charge on any atom is -0.391 e. The van der Waals surface area contributed by atoms with E-state index in [2.05, 4.69) is 10.3 Å². The summed E-state index contributed by atoms with van der Waals surface area (Å²) in [5, 5.41) is 13.7. The van der Waals surface area contributed by atoms with Gasteiger partial charge in [0.25, 0.3) is 5.91 Å². The van der Waals surface area contributed by atoms with E-state index < -0.39 is 6.10 Å². The van der Waals surface area contributed by atoms with Crippen LogP contribution >= 0.6 is 11.6 Å². The van der Waals surface area contributed by atoms with Crippen molar-refractivity contribution in [3.05, 3.63) is 69.4 Å². The number of aliphatic hydroxyl groups is 1. The molecule has 3 aromatic rings. The van der Waals surface area contributed by atoms with Gasteiger partial charge in [-0.15, -0.1) is 0 Å². The number of nitrogens with zero attached hydrogens (tertiary/aromatic N) is 5. The van der Waals surface area contributed by atoms with Gasteiger partial charge in [0.05, 0.1) is 18.3 Å². The summed E-state index contributed by atoms with van der Waals surface area (Å²) < 4.78 is 3.57. The molecule has 2 aliphatic heterocycles. The summed E-state index contributed by atoms with van der Waals surface area (Å²) in [4.78, 5) is 37.0. The van der Waals surface area contributed by atoms with Gasteiger partial charge in [0.2, 0.25) is 0 Å². The lowest BCUT2D eigenvalue weighted by Gasteiger charge is -2.28. The number of pyridine rings is 1. The van der Waals surface area contributed by atoms with Crippen LogP contribution in [0.3, 0.4) is 0 Å². The predicted octanol–water partition coefficient (Wildman–Crippen LogP) is 3.54. The minimum absolute atomic E-state index is 0.0509. The molecular formula is C30H37ClN6O3. The second-order valence-corrected chi connectivity index (χ2v) is 11.6. The van der Waals surface area contributed by atoms with Crippen LogP contribution in [-0.2, 0) is 6.54 Å². The van der Waals surface area contributed by atoms with Crippen LogP contribution < -0.4 is 15.9 Å². The van der Waals surface area contributed by atoms with Crippen molar-refractivity contribution < 1.29 is 9.90 Å². The van der Waals surface area contributed by atoms with Crippen molar-refractivity contribution in [2.45, 2.75) is 57.2 Å². The van der Waals surface area contributed by atoms with Gasteiger partial charge in [0.15, 0.2) is 0 Å². The van der Waals surface area contributed by atoms with E-state index in [-0.39, 0.29) is 24.2 Å². The zero-order valence-electron chi connectivity index (χ0n) is 22.8. The third-order valence-electron chi connectivity index (χ3n) is 8.43. The van der Waals surface area contributed by atoms with Crippen LogP contribution in [0.4, 0.5) is 5.82 Å². The summed E-state index contributed by atoms with van der Waals surface area (Å²) in [7, 11) is 0. The van der Waals surface area contributed by atoms with Crippen LogP contribution in [0.2, 0.25) is 5.15 Å². The molecule has 3 aliphatic rings. The maximum atomic E-state index is 14.4. The summed E-state index contributed by atoms with van der Waals surface area (Å²) in [6.07, 6.45) is 5.44. The number of rotatable bonds is 6. The first-order valence-electron chi connectivity index (χ1n) is 14.5. The average molecular weight is 565 g/mol. The van der Waals surface area contributed by atoms with E-state index in [0.29, 0.717) is 55.0 Å². The number of hydrogen-bond donors (Lipinski definition) is 2. The van der Waals surface area contributed by atoms with Crippen LogP contribution in [0, 0.1) is 0 Å². The third kappa shape index (κ3) is 5.42. The highest BCUT2D eigenvalue weighted by Gasteiger charge is 2.33. The highest BCUT2D eigenvalue weighted by molar-refractivity contribution is 6.29. The molecule has 6 rings (SSSR count). The first-order chi connectivity index (χ1) is 19.5. The van der Waals surface area contributed by atoms with E-state index in [1.807, 2.05) is 50.8 Å². The Bertz CT molecular complexity index is 1410. The van der Waals surface area contributed by atoms with Gasteiger partial charge in [-0.25, -0.2) is 9.78 Å². The van der Waals surface area contributed by atoms with Crippen molar-refractivity contribution in [2.75, 3.05) is 44.2 Å². The van der Waals surface area contributed by atoms with E-state index in [1.165, 1.54) is 6.42 Å². The highest BCUT2D eigenvalue weighted by Crippen LogP contribution is 2.34. The normalized spacial score (nSPS) is 20.3. The van der Waals surface area contributed by atoms with Gasteiger partial charge in [0, 0.05) is 50.9 Å². The quantitative estimate of drug-likeness (QED) is 0.445. The second kappa shape index (κ2) is 11.8. The molecule has 1 saturated carbocycles. The van der Waals surface area contributed by atoms with Crippen LogP contribution in [0.5, 0.6) is 0 Å². The van der Waals surface area contributed by atoms with E-state index in [9.17, 15) is 14.7 Å². The fraction of sp³-hybridized carbons (Fsp3) is 0.500. The Morgan fingerprint density at radius 2 is 1.77 bits per heavy atom. The van der Waals surface area contributed by atoms with Gasteiger partial charge in [0.1, 0.15) is 16.7 Å². The van der Waals surface area contributed by atoms with Gasteiger partial charge >= 0.3 is 5.69 Å². The predicted molar refractivity (Wildman–Crippen MR) is 156 cm³/mol. The molecule has 1 aliphatic carbocycles. The van der Waals surface area contributed by atoms with Crippen molar-refractivity contribution >= 4 is 23.3 Å². The molecule has 3 fully saturated rings. The Hall–Kier alpha value is -3.14. The van der Waals surface area contributed by atoms with Crippen molar-refractivity contribution in [3.63, 3.8) is 0 Å². The Kier molecular flexibility index (Phi) is 7.96. The molecule has 0 bridgehead atoms. The van der Waals surface area contributed by atoms with Gasteiger partial charge in [-0.3, -0.25) is 13.9 Å². The lowest BCUT2D eigenvalue weighted by atomic mass is 9.94. The largest absolute Gasteiger partial charge is 0.391 e. The number of nitrogens with one attached hydrogen (secondary N) is 1. The summed E-state index contributed by atoms with van der Waals surface area (Å²) in [6, 6.07) is 13.6. The van der Waals surface area contributed by atoms with Crippen molar-refractivity contribution in [1.82, 2.24) is 24.3 Å². The summed E-state index contributed by atoms with van der Waals surface area (Å²) in [5.41, 5.74) is 2.67. The summed E-state index contributed by atoms with van der Waals surface area (Å²) in [5.74, 6) is 0.562. The maximum Gasteiger partial charge on any atom is 0.329 e. The van der Waals surface area contributed by atoms with Crippen molar-refractivity contribution in [2.24, 2.45) is 0 Å². The van der Waals surface area contributed by atoms with Crippen molar-refractivity contribution in [1.29, 1.82) is 0 Å². The number of aliphatic hydroxyl groups excluding tert-OH is 1. The number of imidazole rings is 1. The van der Waals surface area contributed by atoms with Gasteiger partial charge < -0.3 is 20.2 Å². The molecular weight excluding hydrogens is 528 g/mol. The molecule has 2 saturated heterocycles. The van der Waals surface area contributed by atoms with Crippen molar-refractivity contribution in [3.8, 4) is 11.3 Å². The SMILES string of the molecule is O=C(c1c(-c2ccccc2)n(C2CCCCC2)c(=O)n1Cc1cc(Cl)nc(N2CCC(O)C2)c1)N1CCNCC1. The molecule has 40 heavy (non-hydrogen) atoms. The van der Waals surface area contributed by atoms with Crippen LogP contribution in [0.15, 0.2) is 47.3 Å². The number of amides is 1. The molecule has 212 valence electrons. The zero-order chi connectivity index (χ0) is 27.6. The van der Waals surface area contributed by atoms with Gasteiger partial charge in [-0.2, -0.15) is 0 Å². The topological polar surface area (TPSA) is 95.6 Å². The number of anilines is 1. The van der Waals surface area contributed by atoms with Gasteiger partial charge in [-0.1, -0.05) is 61.2 Å². The van der Waals surface area contributed by atoms with E-state index in [0.717, 1.165) is 49.9 Å². The van der Waals surface area contributed by atoms with Crippen LogP contribution in [-0.4, -0.2) is 75.4 Å². The zero-order valence-corrected chi connectivity index (χ0v) is 23.5. The molecule has 1 aromatic carbocycles. The Morgan fingerprint density at radius 3 is 2.48 bits per heavy atom. The number of piperazine rings is 1. The first-order valence-corrected chi connectivity index (χ1v) is 14.9. The second-order valence-electron chi connectivity index (χ2n) is 11.2. The van der Waals surface area contributed by atoms with E-state index >= 15 is 0 Å². The molecule has 2 N–H and O–H groups in total. The number of benzene rings is 1.